The summed E-state index contributed by atoms with van der Waals surface area (Å²) >= 11 is 5.97. The summed E-state index contributed by atoms with van der Waals surface area (Å²) in [7, 11) is 0. The van der Waals surface area contributed by atoms with Gasteiger partial charge in [0.2, 0.25) is 0 Å². The van der Waals surface area contributed by atoms with Crippen molar-refractivity contribution in [3.8, 4) is 0 Å². The van der Waals surface area contributed by atoms with Gasteiger partial charge in [-0.2, -0.15) is 0 Å². The second kappa shape index (κ2) is 8.61. The van der Waals surface area contributed by atoms with Crippen molar-refractivity contribution >= 4 is 39.8 Å². The van der Waals surface area contributed by atoms with Crippen molar-refractivity contribution in [2.45, 2.75) is 0 Å². The lowest BCUT2D eigenvalue weighted by Crippen LogP contribution is -2.46. The second-order valence-electron chi connectivity index (χ2n) is 7.11. The average molecular weight is 424 g/mol. The van der Waals surface area contributed by atoms with Crippen molar-refractivity contribution in [3.63, 3.8) is 0 Å². The number of halogens is 1. The number of nitrogens with one attached hydrogen (secondary N) is 3. The summed E-state index contributed by atoms with van der Waals surface area (Å²) in [4.78, 5) is 29.5. The molecule has 154 valence electrons. The number of hydrogen-bond donors (Lipinski definition) is 4. The van der Waals surface area contributed by atoms with Gasteiger partial charge in [-0.15, -0.1) is 0 Å². The van der Waals surface area contributed by atoms with Crippen LogP contribution in [0.5, 0.6) is 0 Å². The number of carbonyl (C=O) groups is 1. The van der Waals surface area contributed by atoms with Crippen LogP contribution in [0, 0.1) is 0 Å². The molecule has 1 amide bonds. The number of hydrogen-bond acceptors (Lipinski definition) is 5. The molecule has 0 radical (unpaired) electrons. The van der Waals surface area contributed by atoms with Crippen molar-refractivity contribution in [1.29, 1.82) is 0 Å². The van der Waals surface area contributed by atoms with Crippen molar-refractivity contribution in [1.82, 2.24) is 15.2 Å². The predicted molar refractivity (Wildman–Crippen MR) is 121 cm³/mol. The van der Waals surface area contributed by atoms with E-state index >= 15 is 0 Å². The highest BCUT2D eigenvalue weighted by molar-refractivity contribution is 6.31. The standard InChI is InChI=1S/C22H22ClN5O2/c23-16-4-1-15-11-18(21(29)27-20(15)12-16)19(24)13-26-17-5-2-14(3-6-17)22(30)28-9-7-25-8-10-28/h1-6,11-13,25-26H,7-10,24H2,(H,27,29)/b19-13-. The van der Waals surface area contributed by atoms with Gasteiger partial charge in [0.05, 0.1) is 11.3 Å². The smallest absolute Gasteiger partial charge is 0.257 e. The number of rotatable bonds is 4. The molecule has 5 N–H and O–H groups in total. The van der Waals surface area contributed by atoms with Crippen LogP contribution >= 0.6 is 11.6 Å². The predicted octanol–water partition coefficient (Wildman–Crippen LogP) is 2.60. The summed E-state index contributed by atoms with van der Waals surface area (Å²) < 4.78 is 0. The molecule has 1 aliphatic heterocycles. The Kier molecular flexibility index (Phi) is 5.74. The van der Waals surface area contributed by atoms with Crippen molar-refractivity contribution in [3.05, 3.63) is 81.2 Å². The number of piperazine rings is 1. The van der Waals surface area contributed by atoms with Gasteiger partial charge < -0.3 is 26.3 Å². The molecule has 8 heteroatoms. The van der Waals surface area contributed by atoms with E-state index in [-0.39, 0.29) is 11.5 Å². The Labute approximate surface area is 178 Å². The third-order valence-electron chi connectivity index (χ3n) is 5.05. The summed E-state index contributed by atoms with van der Waals surface area (Å²) in [5.74, 6) is 0.0286. The number of aromatic amines is 1. The lowest BCUT2D eigenvalue weighted by atomic mass is 10.1. The van der Waals surface area contributed by atoms with Crippen molar-refractivity contribution in [2.75, 3.05) is 31.5 Å². The van der Waals surface area contributed by atoms with Crippen LogP contribution in [0.1, 0.15) is 15.9 Å². The molecule has 0 aliphatic carbocycles. The van der Waals surface area contributed by atoms with Gasteiger partial charge in [-0.05, 0) is 47.9 Å². The third-order valence-corrected chi connectivity index (χ3v) is 5.28. The molecule has 0 unspecified atom stereocenters. The van der Waals surface area contributed by atoms with Crippen LogP contribution < -0.4 is 21.9 Å². The number of anilines is 1. The molecule has 3 aromatic rings. The number of pyridine rings is 1. The molecule has 0 saturated carbocycles. The molecule has 30 heavy (non-hydrogen) atoms. The molecule has 0 atom stereocenters. The van der Waals surface area contributed by atoms with Crippen LogP contribution in [0.4, 0.5) is 5.69 Å². The van der Waals surface area contributed by atoms with E-state index in [9.17, 15) is 9.59 Å². The monoisotopic (exact) mass is 423 g/mol. The van der Waals surface area contributed by atoms with E-state index in [4.69, 9.17) is 17.3 Å². The Morgan fingerprint density at radius 3 is 2.57 bits per heavy atom. The zero-order chi connectivity index (χ0) is 21.1. The summed E-state index contributed by atoms with van der Waals surface area (Å²) in [6, 6.07) is 14.2. The van der Waals surface area contributed by atoms with Gasteiger partial charge in [-0.3, -0.25) is 9.59 Å². The molecule has 2 aromatic carbocycles. The number of nitrogens with zero attached hydrogens (tertiary/aromatic N) is 1. The number of benzene rings is 2. The Hall–Kier alpha value is -3.29. The quantitative estimate of drug-likeness (QED) is 0.516. The number of H-pyrrole nitrogens is 1. The molecule has 7 nitrogen and oxygen atoms in total. The molecule has 1 aliphatic rings. The number of nitrogens with two attached hydrogens (primary N) is 1. The number of carbonyl (C=O) groups excluding carboxylic acids is 1. The van der Waals surface area contributed by atoms with Gasteiger partial charge >= 0.3 is 0 Å². The van der Waals surface area contributed by atoms with E-state index in [1.807, 2.05) is 23.1 Å². The number of fused-ring (bicyclic) bond motifs is 1. The average Bonchev–Trinajstić information content (AvgIpc) is 2.77. The van der Waals surface area contributed by atoms with E-state index in [0.29, 0.717) is 40.5 Å². The van der Waals surface area contributed by atoms with Crippen molar-refractivity contribution in [2.24, 2.45) is 5.73 Å². The molecule has 2 heterocycles. The van der Waals surface area contributed by atoms with Crippen molar-refractivity contribution < 1.29 is 4.79 Å². The molecule has 0 spiro atoms. The van der Waals surface area contributed by atoms with Crippen LogP contribution in [0.15, 0.2) is 59.5 Å². The lowest BCUT2D eigenvalue weighted by Gasteiger charge is -2.27. The van der Waals surface area contributed by atoms with Gasteiger partial charge in [0.15, 0.2) is 0 Å². The first-order valence-electron chi connectivity index (χ1n) is 9.66. The first-order valence-corrected chi connectivity index (χ1v) is 10.0. The van der Waals surface area contributed by atoms with Gasteiger partial charge in [0.1, 0.15) is 0 Å². The van der Waals surface area contributed by atoms with Gasteiger partial charge in [0, 0.05) is 54.2 Å². The molecule has 0 bridgehead atoms. The maximum Gasteiger partial charge on any atom is 0.257 e. The largest absolute Gasteiger partial charge is 0.397 e. The van der Waals surface area contributed by atoms with Gasteiger partial charge in [-0.1, -0.05) is 17.7 Å². The fourth-order valence-corrected chi connectivity index (χ4v) is 3.56. The molecule has 4 rings (SSSR count). The SMILES string of the molecule is N/C(=C\Nc1ccc(C(=O)N2CCNCC2)cc1)c1cc2ccc(Cl)cc2[nH]c1=O. The minimum absolute atomic E-state index is 0.0286. The maximum absolute atomic E-state index is 12.5. The second-order valence-corrected chi connectivity index (χ2v) is 7.54. The summed E-state index contributed by atoms with van der Waals surface area (Å²) in [5, 5.41) is 7.70. The minimum Gasteiger partial charge on any atom is -0.397 e. The van der Waals surface area contributed by atoms with Crippen LogP contribution in [-0.4, -0.2) is 42.0 Å². The number of aromatic nitrogens is 1. The maximum atomic E-state index is 12.5. The Balaban J connectivity index is 1.48. The van der Waals surface area contributed by atoms with Gasteiger partial charge in [0.25, 0.3) is 11.5 Å². The van der Waals surface area contributed by atoms with E-state index in [1.165, 1.54) is 0 Å². The first-order chi connectivity index (χ1) is 14.5. The van der Waals surface area contributed by atoms with E-state index in [2.05, 4.69) is 15.6 Å². The van der Waals surface area contributed by atoms with Crippen LogP contribution in [0.25, 0.3) is 16.6 Å². The highest BCUT2D eigenvalue weighted by Gasteiger charge is 2.17. The fraction of sp³-hybridized carbons (Fsp3) is 0.182. The summed E-state index contributed by atoms with van der Waals surface area (Å²) in [6.07, 6.45) is 1.57. The first kappa shape index (κ1) is 20.0. The third kappa shape index (κ3) is 4.32. The fourth-order valence-electron chi connectivity index (χ4n) is 3.39. The topological polar surface area (TPSA) is 103 Å². The Bertz CT molecular complexity index is 1160. The number of amides is 1. The highest BCUT2D eigenvalue weighted by Crippen LogP contribution is 2.19. The molecule has 1 fully saturated rings. The molecule has 1 aromatic heterocycles. The Morgan fingerprint density at radius 2 is 1.83 bits per heavy atom. The molecular formula is C22H22ClN5O2. The highest BCUT2D eigenvalue weighted by atomic mass is 35.5. The van der Waals surface area contributed by atoms with E-state index in [0.717, 1.165) is 24.2 Å². The van der Waals surface area contributed by atoms with Crippen LogP contribution in [0.2, 0.25) is 5.02 Å². The molecular weight excluding hydrogens is 402 g/mol. The summed E-state index contributed by atoms with van der Waals surface area (Å²) in [6.45, 7) is 3.06. The minimum atomic E-state index is -0.294. The van der Waals surface area contributed by atoms with E-state index in [1.54, 1.807) is 36.5 Å². The van der Waals surface area contributed by atoms with Crippen LogP contribution in [0.3, 0.4) is 0 Å². The zero-order valence-electron chi connectivity index (χ0n) is 16.2. The molecule has 1 saturated heterocycles. The van der Waals surface area contributed by atoms with Crippen LogP contribution in [-0.2, 0) is 0 Å². The lowest BCUT2D eigenvalue weighted by molar-refractivity contribution is 0.0736. The van der Waals surface area contributed by atoms with E-state index < -0.39 is 0 Å². The van der Waals surface area contributed by atoms with Gasteiger partial charge in [-0.25, -0.2) is 0 Å². The normalized spacial score (nSPS) is 14.7. The zero-order valence-corrected chi connectivity index (χ0v) is 17.0. The summed E-state index contributed by atoms with van der Waals surface area (Å²) in [5.41, 5.74) is 8.56. The Morgan fingerprint density at radius 1 is 1.10 bits per heavy atom.